The van der Waals surface area contributed by atoms with Gasteiger partial charge in [-0.2, -0.15) is 0 Å². The molecule has 1 amide bonds. The fourth-order valence-corrected chi connectivity index (χ4v) is 3.67. The van der Waals surface area contributed by atoms with Crippen molar-refractivity contribution in [3.63, 3.8) is 0 Å². The summed E-state index contributed by atoms with van der Waals surface area (Å²) in [5.74, 6) is 0.304. The van der Waals surface area contributed by atoms with E-state index >= 15 is 0 Å². The third-order valence-electron chi connectivity index (χ3n) is 3.35. The van der Waals surface area contributed by atoms with Gasteiger partial charge in [-0.05, 0) is 43.5 Å². The predicted octanol–water partition coefficient (Wildman–Crippen LogP) is 2.29. The van der Waals surface area contributed by atoms with Gasteiger partial charge >= 0.3 is 0 Å². The first-order valence-corrected chi connectivity index (χ1v) is 9.16. The van der Waals surface area contributed by atoms with E-state index in [1.54, 1.807) is 24.3 Å². The number of amides is 1. The molecule has 5 nitrogen and oxygen atoms in total. The highest BCUT2D eigenvalue weighted by Gasteiger charge is 2.19. The molecule has 7 heteroatoms. The zero-order valence-corrected chi connectivity index (χ0v) is 13.3. The van der Waals surface area contributed by atoms with Crippen LogP contribution in [0, 0.1) is 0 Å². The second-order valence-corrected chi connectivity index (χ2v) is 7.26. The van der Waals surface area contributed by atoms with Gasteiger partial charge in [-0.25, -0.2) is 8.42 Å². The second-order valence-electron chi connectivity index (χ2n) is 5.04. The van der Waals surface area contributed by atoms with E-state index in [1.165, 1.54) is 0 Å². The normalized spacial score (nSPS) is 15.2. The van der Waals surface area contributed by atoms with Gasteiger partial charge in [0.15, 0.2) is 0 Å². The van der Waals surface area contributed by atoms with Crippen LogP contribution in [0.4, 0.5) is 5.69 Å². The highest BCUT2D eigenvalue weighted by Crippen LogP contribution is 2.16. The Labute approximate surface area is 130 Å². The number of nitrogens with one attached hydrogen (secondary N) is 1. The van der Waals surface area contributed by atoms with Crippen LogP contribution in [0.2, 0.25) is 0 Å². The molecule has 1 aromatic carbocycles. The molecule has 0 aliphatic carbocycles. The van der Waals surface area contributed by atoms with Gasteiger partial charge in [0, 0.05) is 30.2 Å². The maximum Gasteiger partial charge on any atom is 0.253 e. The fraction of sp³-hybridized carbons (Fsp3) is 0.500. The van der Waals surface area contributed by atoms with E-state index in [4.69, 9.17) is 11.6 Å². The summed E-state index contributed by atoms with van der Waals surface area (Å²) in [5.41, 5.74) is 1.04. The molecule has 0 aromatic heterocycles. The Morgan fingerprint density at radius 3 is 2.38 bits per heavy atom. The fourth-order valence-electron chi connectivity index (χ4n) is 2.26. The van der Waals surface area contributed by atoms with Crippen molar-refractivity contribution in [3.05, 3.63) is 29.8 Å². The molecule has 1 aliphatic rings. The Hall–Kier alpha value is -1.27. The van der Waals surface area contributed by atoms with E-state index in [0.29, 0.717) is 23.6 Å². The number of likely N-dealkylation sites (tertiary alicyclic amines) is 1. The molecule has 0 unspecified atom stereocenters. The van der Waals surface area contributed by atoms with Gasteiger partial charge in [-0.15, -0.1) is 11.6 Å². The molecule has 0 radical (unpaired) electrons. The average Bonchev–Trinajstić information content (AvgIpc) is 2.99. The number of anilines is 1. The van der Waals surface area contributed by atoms with Crippen molar-refractivity contribution < 1.29 is 13.2 Å². The van der Waals surface area contributed by atoms with Crippen molar-refractivity contribution in [2.45, 2.75) is 19.3 Å². The number of alkyl halides is 1. The van der Waals surface area contributed by atoms with Gasteiger partial charge in [0.2, 0.25) is 10.0 Å². The van der Waals surface area contributed by atoms with Crippen molar-refractivity contribution in [3.8, 4) is 0 Å². The first-order chi connectivity index (χ1) is 10.0. The molecule has 2 rings (SSSR count). The number of benzene rings is 1. The van der Waals surface area contributed by atoms with Gasteiger partial charge in [-0.3, -0.25) is 9.52 Å². The van der Waals surface area contributed by atoms with E-state index in [-0.39, 0.29) is 11.7 Å². The van der Waals surface area contributed by atoms with Crippen LogP contribution in [-0.4, -0.2) is 43.9 Å². The number of halogens is 1. The lowest BCUT2D eigenvalue weighted by atomic mass is 10.2. The minimum atomic E-state index is -3.38. The number of hydrogen-bond acceptors (Lipinski definition) is 3. The third-order valence-corrected chi connectivity index (χ3v) is 4.99. The lowest BCUT2D eigenvalue weighted by Crippen LogP contribution is -2.27. The van der Waals surface area contributed by atoms with Crippen LogP contribution in [0.3, 0.4) is 0 Å². The first-order valence-electron chi connectivity index (χ1n) is 6.97. The van der Waals surface area contributed by atoms with Crippen molar-refractivity contribution in [1.29, 1.82) is 0 Å². The van der Waals surface area contributed by atoms with Crippen LogP contribution in [0.1, 0.15) is 29.6 Å². The Morgan fingerprint density at radius 1 is 1.19 bits per heavy atom. The summed E-state index contributed by atoms with van der Waals surface area (Å²) in [6.45, 7) is 1.59. The maximum atomic E-state index is 12.2. The highest BCUT2D eigenvalue weighted by molar-refractivity contribution is 7.92. The summed E-state index contributed by atoms with van der Waals surface area (Å²) in [5, 5.41) is 0. The van der Waals surface area contributed by atoms with Crippen molar-refractivity contribution in [1.82, 2.24) is 4.90 Å². The monoisotopic (exact) mass is 330 g/mol. The van der Waals surface area contributed by atoms with E-state index in [2.05, 4.69) is 4.72 Å². The van der Waals surface area contributed by atoms with E-state index < -0.39 is 10.0 Å². The summed E-state index contributed by atoms with van der Waals surface area (Å²) >= 11 is 5.49. The number of carbonyl (C=O) groups excluding carboxylic acids is 1. The molecule has 0 spiro atoms. The molecule has 116 valence electrons. The van der Waals surface area contributed by atoms with Crippen LogP contribution in [0.25, 0.3) is 0 Å². The lowest BCUT2D eigenvalue weighted by molar-refractivity contribution is 0.0793. The second kappa shape index (κ2) is 7.13. The summed E-state index contributed by atoms with van der Waals surface area (Å²) in [7, 11) is -3.38. The van der Waals surface area contributed by atoms with Crippen LogP contribution < -0.4 is 4.72 Å². The van der Waals surface area contributed by atoms with Crippen LogP contribution in [0.15, 0.2) is 24.3 Å². The molecule has 0 bridgehead atoms. The summed E-state index contributed by atoms with van der Waals surface area (Å²) in [6.07, 6.45) is 2.50. The SMILES string of the molecule is O=C(c1ccc(NS(=O)(=O)CCCCl)cc1)N1CCCC1. The maximum absolute atomic E-state index is 12.2. The molecule has 1 fully saturated rings. The van der Waals surface area contributed by atoms with E-state index in [1.807, 2.05) is 4.90 Å². The predicted molar refractivity (Wildman–Crippen MR) is 84.3 cm³/mol. The van der Waals surface area contributed by atoms with Gasteiger partial charge in [0.05, 0.1) is 5.75 Å². The Balaban J connectivity index is 2.00. The summed E-state index contributed by atoms with van der Waals surface area (Å²) in [4.78, 5) is 14.0. The van der Waals surface area contributed by atoms with Gasteiger partial charge in [0.25, 0.3) is 5.91 Å². The highest BCUT2D eigenvalue weighted by atomic mass is 35.5. The number of nitrogens with zero attached hydrogens (tertiary/aromatic N) is 1. The topological polar surface area (TPSA) is 66.5 Å². The largest absolute Gasteiger partial charge is 0.339 e. The quantitative estimate of drug-likeness (QED) is 0.814. The van der Waals surface area contributed by atoms with Gasteiger partial charge in [0.1, 0.15) is 0 Å². The van der Waals surface area contributed by atoms with Crippen molar-refractivity contribution in [2.75, 3.05) is 29.4 Å². The Morgan fingerprint density at radius 2 is 1.81 bits per heavy atom. The van der Waals surface area contributed by atoms with Gasteiger partial charge < -0.3 is 4.90 Å². The van der Waals surface area contributed by atoms with Crippen molar-refractivity contribution >= 4 is 33.2 Å². The Kier molecular flexibility index (Phi) is 5.47. The average molecular weight is 331 g/mol. The van der Waals surface area contributed by atoms with E-state index in [0.717, 1.165) is 25.9 Å². The molecule has 21 heavy (non-hydrogen) atoms. The molecule has 1 aliphatic heterocycles. The third kappa shape index (κ3) is 4.61. The van der Waals surface area contributed by atoms with Crippen molar-refractivity contribution in [2.24, 2.45) is 0 Å². The summed E-state index contributed by atoms with van der Waals surface area (Å²) < 4.78 is 26.0. The number of hydrogen-bond donors (Lipinski definition) is 1. The lowest BCUT2D eigenvalue weighted by Gasteiger charge is -2.15. The number of rotatable bonds is 6. The van der Waals surface area contributed by atoms with Crippen LogP contribution in [0.5, 0.6) is 0 Å². The molecule has 1 aromatic rings. The van der Waals surface area contributed by atoms with Gasteiger partial charge in [-0.1, -0.05) is 0 Å². The molecule has 1 heterocycles. The minimum Gasteiger partial charge on any atom is -0.339 e. The Bertz CT molecular complexity index is 581. The molecule has 0 saturated carbocycles. The molecule has 1 saturated heterocycles. The zero-order valence-electron chi connectivity index (χ0n) is 11.7. The van der Waals surface area contributed by atoms with Crippen LogP contribution >= 0.6 is 11.6 Å². The minimum absolute atomic E-state index is 0.00375. The number of sulfonamides is 1. The zero-order chi connectivity index (χ0) is 15.3. The molecular weight excluding hydrogens is 312 g/mol. The molecule has 0 atom stereocenters. The standard InChI is InChI=1S/C14H19ClN2O3S/c15-8-3-11-21(19,20)16-13-6-4-12(5-7-13)14(18)17-9-1-2-10-17/h4-7,16H,1-3,8-11H2. The van der Waals surface area contributed by atoms with E-state index in [9.17, 15) is 13.2 Å². The smallest absolute Gasteiger partial charge is 0.253 e. The first kappa shape index (κ1) is 16.1. The molecular formula is C14H19ClN2O3S. The van der Waals surface area contributed by atoms with Crippen LogP contribution in [-0.2, 0) is 10.0 Å². The summed E-state index contributed by atoms with van der Waals surface area (Å²) in [6, 6.07) is 6.53. The number of carbonyl (C=O) groups is 1. The molecule has 1 N–H and O–H groups in total.